The smallest absolute Gasteiger partial charge is 0.341 e. The fourth-order valence-electron chi connectivity index (χ4n) is 1.22. The van der Waals surface area contributed by atoms with Crippen LogP contribution in [-0.2, 0) is 14.3 Å². The maximum absolute atomic E-state index is 11.7. The highest BCUT2D eigenvalue weighted by atomic mass is 16.7. The van der Waals surface area contributed by atoms with Crippen molar-refractivity contribution in [3.05, 3.63) is 35.4 Å². The van der Waals surface area contributed by atoms with Gasteiger partial charge in [-0.3, -0.25) is 9.59 Å². The van der Waals surface area contributed by atoms with Crippen LogP contribution in [-0.4, -0.2) is 25.0 Å². The third-order valence-electron chi connectivity index (χ3n) is 2.30. The van der Waals surface area contributed by atoms with E-state index in [1.54, 1.807) is 32.9 Å². The van der Waals surface area contributed by atoms with Gasteiger partial charge in [-0.15, -0.1) is 0 Å². The van der Waals surface area contributed by atoms with E-state index >= 15 is 0 Å². The molecule has 0 aliphatic rings. The molecule has 0 heterocycles. The van der Waals surface area contributed by atoms with Crippen molar-refractivity contribution in [3.63, 3.8) is 0 Å². The van der Waals surface area contributed by atoms with E-state index in [1.807, 2.05) is 0 Å². The van der Waals surface area contributed by atoms with Crippen LogP contribution >= 0.6 is 0 Å². The third kappa shape index (κ3) is 4.21. The summed E-state index contributed by atoms with van der Waals surface area (Å²) < 4.78 is 9.60. The number of ether oxygens (including phenoxy) is 2. The van der Waals surface area contributed by atoms with Crippen LogP contribution in [0.25, 0.3) is 0 Å². The van der Waals surface area contributed by atoms with Gasteiger partial charge in [-0.05, 0) is 26.8 Å². The lowest BCUT2D eigenvalue weighted by atomic mass is 9.98. The minimum Gasteiger partial charge on any atom is -0.427 e. The van der Waals surface area contributed by atoms with Crippen LogP contribution in [0.2, 0.25) is 0 Å². The number of carbonyl (C=O) groups is 3. The van der Waals surface area contributed by atoms with E-state index in [1.165, 1.54) is 12.1 Å². The average Bonchev–Trinajstić information content (AvgIpc) is 2.37. The predicted molar refractivity (Wildman–Crippen MR) is 67.7 cm³/mol. The molecule has 0 atom stereocenters. The van der Waals surface area contributed by atoms with Gasteiger partial charge in [0.1, 0.15) is 0 Å². The molecule has 0 fully saturated rings. The fraction of sp³-hybridized carbons (Fsp3) is 0.357. The molecule has 19 heavy (non-hydrogen) atoms. The van der Waals surface area contributed by atoms with E-state index in [-0.39, 0.29) is 11.1 Å². The van der Waals surface area contributed by atoms with Crippen molar-refractivity contribution in [3.8, 4) is 0 Å². The number of hydrogen-bond acceptors (Lipinski definition) is 5. The van der Waals surface area contributed by atoms with E-state index in [0.717, 1.165) is 0 Å². The van der Waals surface area contributed by atoms with E-state index < -0.39 is 24.1 Å². The Morgan fingerprint density at radius 2 is 1.79 bits per heavy atom. The summed E-state index contributed by atoms with van der Waals surface area (Å²) in [5, 5.41) is 0. The van der Waals surface area contributed by atoms with Crippen molar-refractivity contribution in [2.24, 2.45) is 5.41 Å². The van der Waals surface area contributed by atoms with Gasteiger partial charge in [0.05, 0.1) is 11.0 Å². The van der Waals surface area contributed by atoms with Gasteiger partial charge in [-0.25, -0.2) is 4.79 Å². The van der Waals surface area contributed by atoms with Crippen LogP contribution in [0.1, 0.15) is 41.5 Å². The molecule has 0 bridgehead atoms. The quantitative estimate of drug-likeness (QED) is 0.473. The standard InChI is InChI=1S/C14H16O5/c1-14(2,3)13(17)19-9-18-12(16)11-7-5-4-6-10(11)8-15/h4-8H,9H2,1-3H3. The lowest BCUT2D eigenvalue weighted by Crippen LogP contribution is -2.24. The third-order valence-corrected chi connectivity index (χ3v) is 2.30. The van der Waals surface area contributed by atoms with Gasteiger partial charge in [-0.2, -0.15) is 0 Å². The molecule has 0 saturated carbocycles. The minimum atomic E-state index is -0.704. The second-order valence-corrected chi connectivity index (χ2v) is 4.94. The van der Waals surface area contributed by atoms with Crippen LogP contribution in [0.4, 0.5) is 0 Å². The zero-order chi connectivity index (χ0) is 14.5. The van der Waals surface area contributed by atoms with Gasteiger partial charge in [-0.1, -0.05) is 18.2 Å². The second-order valence-electron chi connectivity index (χ2n) is 4.94. The Bertz CT molecular complexity index is 485. The van der Waals surface area contributed by atoms with Crippen molar-refractivity contribution in [1.29, 1.82) is 0 Å². The van der Waals surface area contributed by atoms with Crippen LogP contribution < -0.4 is 0 Å². The van der Waals surface area contributed by atoms with Crippen molar-refractivity contribution >= 4 is 18.2 Å². The Kier molecular flexibility index (Phi) is 4.80. The number of carbonyl (C=O) groups excluding carboxylic acids is 3. The Morgan fingerprint density at radius 3 is 2.37 bits per heavy atom. The first-order valence-electron chi connectivity index (χ1n) is 5.75. The molecule has 0 radical (unpaired) electrons. The average molecular weight is 264 g/mol. The van der Waals surface area contributed by atoms with Crippen molar-refractivity contribution in [1.82, 2.24) is 0 Å². The maximum atomic E-state index is 11.7. The molecule has 102 valence electrons. The van der Waals surface area contributed by atoms with Gasteiger partial charge in [0.15, 0.2) is 6.29 Å². The fourth-order valence-corrected chi connectivity index (χ4v) is 1.22. The summed E-state index contributed by atoms with van der Waals surface area (Å²) in [6, 6.07) is 6.23. The minimum absolute atomic E-state index is 0.143. The topological polar surface area (TPSA) is 69.7 Å². The highest BCUT2D eigenvalue weighted by Gasteiger charge is 2.23. The first-order chi connectivity index (χ1) is 8.86. The van der Waals surface area contributed by atoms with Gasteiger partial charge >= 0.3 is 11.9 Å². The van der Waals surface area contributed by atoms with Crippen LogP contribution in [0.3, 0.4) is 0 Å². The largest absolute Gasteiger partial charge is 0.427 e. The molecule has 1 aromatic rings. The molecule has 0 aromatic heterocycles. The highest BCUT2D eigenvalue weighted by Crippen LogP contribution is 2.15. The Balaban J connectivity index is 2.57. The molecule has 0 N–H and O–H groups in total. The summed E-state index contributed by atoms with van der Waals surface area (Å²) in [4.78, 5) is 33.9. The van der Waals surface area contributed by atoms with Crippen molar-refractivity contribution < 1.29 is 23.9 Å². The number of hydrogen-bond donors (Lipinski definition) is 0. The number of esters is 2. The molecule has 0 spiro atoms. The van der Waals surface area contributed by atoms with Gasteiger partial charge in [0.2, 0.25) is 6.79 Å². The summed E-state index contributed by atoms with van der Waals surface area (Å²) in [6.07, 6.45) is 0.567. The monoisotopic (exact) mass is 264 g/mol. The van der Waals surface area contributed by atoms with Crippen molar-refractivity contribution in [2.45, 2.75) is 20.8 Å². The SMILES string of the molecule is CC(C)(C)C(=O)OCOC(=O)c1ccccc1C=O. The zero-order valence-electron chi connectivity index (χ0n) is 11.1. The summed E-state index contributed by atoms with van der Waals surface area (Å²) in [6.45, 7) is 4.61. The second kappa shape index (κ2) is 6.13. The molecule has 5 nitrogen and oxygen atoms in total. The van der Waals surface area contributed by atoms with Gasteiger partial charge < -0.3 is 9.47 Å². The molecule has 1 rings (SSSR count). The molecule has 5 heteroatoms. The number of benzene rings is 1. The number of rotatable bonds is 4. The molecule has 0 saturated heterocycles. The van der Waals surface area contributed by atoms with Crippen LogP contribution in [0, 0.1) is 5.41 Å². The molecular formula is C14H16O5. The van der Waals surface area contributed by atoms with E-state index in [2.05, 4.69) is 0 Å². The first kappa shape index (κ1) is 14.9. The highest BCUT2D eigenvalue weighted by molar-refractivity contribution is 5.98. The van der Waals surface area contributed by atoms with E-state index in [9.17, 15) is 14.4 Å². The lowest BCUT2D eigenvalue weighted by molar-refractivity contribution is -0.161. The maximum Gasteiger partial charge on any atom is 0.341 e. The molecule has 0 unspecified atom stereocenters. The lowest BCUT2D eigenvalue weighted by Gasteiger charge is -2.16. The Labute approximate surface area is 111 Å². The van der Waals surface area contributed by atoms with Gasteiger partial charge in [0.25, 0.3) is 0 Å². The number of aldehydes is 1. The Morgan fingerprint density at radius 1 is 1.16 bits per heavy atom. The normalized spacial score (nSPS) is 10.7. The first-order valence-corrected chi connectivity index (χ1v) is 5.75. The van der Waals surface area contributed by atoms with Crippen molar-refractivity contribution in [2.75, 3.05) is 6.79 Å². The molecule has 0 aliphatic carbocycles. The van der Waals surface area contributed by atoms with E-state index in [0.29, 0.717) is 6.29 Å². The molecular weight excluding hydrogens is 248 g/mol. The summed E-state index contributed by atoms with van der Waals surface area (Å²) in [5.74, 6) is -1.17. The predicted octanol–water partition coefficient (Wildman–Crippen LogP) is 2.20. The Hall–Kier alpha value is -2.17. The molecule has 0 aliphatic heterocycles. The van der Waals surface area contributed by atoms with Crippen LogP contribution in [0.5, 0.6) is 0 Å². The summed E-state index contributed by atoms with van der Waals surface area (Å²) >= 11 is 0. The van der Waals surface area contributed by atoms with E-state index in [4.69, 9.17) is 9.47 Å². The summed E-state index contributed by atoms with van der Waals surface area (Å²) in [7, 11) is 0. The zero-order valence-corrected chi connectivity index (χ0v) is 11.1. The molecule has 0 amide bonds. The van der Waals surface area contributed by atoms with Gasteiger partial charge in [0, 0.05) is 5.56 Å². The summed E-state index contributed by atoms with van der Waals surface area (Å²) in [5.41, 5.74) is -0.286. The molecule has 1 aromatic carbocycles. The van der Waals surface area contributed by atoms with Crippen LogP contribution in [0.15, 0.2) is 24.3 Å².